The average molecular weight is 261 g/mol. The van der Waals surface area contributed by atoms with E-state index in [2.05, 4.69) is 4.74 Å². The van der Waals surface area contributed by atoms with Gasteiger partial charge in [0.25, 0.3) is 0 Å². The van der Waals surface area contributed by atoms with Crippen LogP contribution < -0.4 is 4.90 Å². The molecule has 0 amide bonds. The van der Waals surface area contributed by atoms with Crippen molar-refractivity contribution in [2.45, 2.75) is 0 Å². The Kier molecular flexibility index (Phi) is 5.00. The van der Waals surface area contributed by atoms with Gasteiger partial charge in [0.2, 0.25) is 11.6 Å². The standard InChI is InChI=1S/C14H15NO4/c1-15(2)11-6-4-10(5-7-11)14(18)12(16)8-9-13(17)19-3/h4-9H,1-3H3/b9-8+. The van der Waals surface area contributed by atoms with Crippen LogP contribution in [0.5, 0.6) is 0 Å². The molecule has 0 atom stereocenters. The van der Waals surface area contributed by atoms with Gasteiger partial charge >= 0.3 is 5.97 Å². The molecule has 0 aliphatic rings. The summed E-state index contributed by atoms with van der Waals surface area (Å²) < 4.78 is 4.33. The fraction of sp³-hybridized carbons (Fsp3) is 0.214. The van der Waals surface area contributed by atoms with E-state index in [9.17, 15) is 14.4 Å². The summed E-state index contributed by atoms with van der Waals surface area (Å²) in [6, 6.07) is 6.62. The van der Waals surface area contributed by atoms with Crippen molar-refractivity contribution in [3.63, 3.8) is 0 Å². The van der Waals surface area contributed by atoms with E-state index in [4.69, 9.17) is 0 Å². The zero-order chi connectivity index (χ0) is 14.4. The number of anilines is 1. The predicted molar refractivity (Wildman–Crippen MR) is 71.3 cm³/mol. The molecule has 1 aromatic rings. The first-order valence-corrected chi connectivity index (χ1v) is 5.57. The molecule has 19 heavy (non-hydrogen) atoms. The summed E-state index contributed by atoms with van der Waals surface area (Å²) >= 11 is 0. The number of hydrogen-bond acceptors (Lipinski definition) is 5. The van der Waals surface area contributed by atoms with Crippen LogP contribution in [0.15, 0.2) is 36.4 Å². The predicted octanol–water partition coefficient (Wildman–Crippen LogP) is 1.23. The van der Waals surface area contributed by atoms with E-state index in [1.165, 1.54) is 7.11 Å². The van der Waals surface area contributed by atoms with Crippen LogP contribution in [0.4, 0.5) is 5.69 Å². The second-order valence-corrected chi connectivity index (χ2v) is 3.99. The highest BCUT2D eigenvalue weighted by molar-refractivity contribution is 6.47. The molecule has 1 rings (SSSR count). The molecule has 0 saturated carbocycles. The number of hydrogen-bond donors (Lipinski definition) is 0. The molecule has 0 fully saturated rings. The van der Waals surface area contributed by atoms with Crippen molar-refractivity contribution in [1.82, 2.24) is 0 Å². The van der Waals surface area contributed by atoms with E-state index in [-0.39, 0.29) is 5.56 Å². The van der Waals surface area contributed by atoms with Crippen LogP contribution in [0.2, 0.25) is 0 Å². The van der Waals surface area contributed by atoms with Crippen molar-refractivity contribution in [3.8, 4) is 0 Å². The van der Waals surface area contributed by atoms with Gasteiger partial charge in [-0.3, -0.25) is 9.59 Å². The smallest absolute Gasteiger partial charge is 0.330 e. The topological polar surface area (TPSA) is 63.7 Å². The van der Waals surface area contributed by atoms with Crippen molar-refractivity contribution >= 4 is 23.2 Å². The number of ketones is 2. The molecule has 5 heteroatoms. The lowest BCUT2D eigenvalue weighted by molar-refractivity contribution is -0.135. The Balaban J connectivity index is 2.80. The van der Waals surface area contributed by atoms with Crippen molar-refractivity contribution in [2.24, 2.45) is 0 Å². The first kappa shape index (κ1) is 14.6. The van der Waals surface area contributed by atoms with E-state index in [1.807, 2.05) is 19.0 Å². The summed E-state index contributed by atoms with van der Waals surface area (Å²) in [5.41, 5.74) is 1.21. The number of esters is 1. The van der Waals surface area contributed by atoms with Crippen molar-refractivity contribution in [2.75, 3.05) is 26.1 Å². The molecule has 0 aliphatic carbocycles. The SMILES string of the molecule is COC(=O)/C=C/C(=O)C(=O)c1ccc(N(C)C)cc1. The van der Waals surface area contributed by atoms with Crippen LogP contribution in [-0.2, 0) is 14.3 Å². The molecule has 0 heterocycles. The third-order valence-corrected chi connectivity index (χ3v) is 2.44. The van der Waals surface area contributed by atoms with Gasteiger partial charge in [-0.05, 0) is 30.3 Å². The Morgan fingerprint density at radius 3 is 2.11 bits per heavy atom. The highest BCUT2D eigenvalue weighted by Gasteiger charge is 2.13. The highest BCUT2D eigenvalue weighted by atomic mass is 16.5. The molecule has 100 valence electrons. The molecular weight excluding hydrogens is 246 g/mol. The van der Waals surface area contributed by atoms with Crippen LogP contribution in [-0.4, -0.2) is 38.7 Å². The van der Waals surface area contributed by atoms with E-state index >= 15 is 0 Å². The molecule has 0 aliphatic heterocycles. The van der Waals surface area contributed by atoms with Gasteiger partial charge in [-0.25, -0.2) is 4.79 Å². The lowest BCUT2D eigenvalue weighted by Gasteiger charge is -2.11. The van der Waals surface area contributed by atoms with Crippen LogP contribution >= 0.6 is 0 Å². The van der Waals surface area contributed by atoms with Crippen molar-refractivity contribution in [1.29, 1.82) is 0 Å². The fourth-order valence-corrected chi connectivity index (χ4v) is 1.34. The van der Waals surface area contributed by atoms with Crippen LogP contribution in [0.1, 0.15) is 10.4 Å². The summed E-state index contributed by atoms with van der Waals surface area (Å²) in [5, 5.41) is 0. The van der Waals surface area contributed by atoms with E-state index < -0.39 is 17.5 Å². The Labute approximate surface area is 111 Å². The molecule has 1 aromatic carbocycles. The number of allylic oxidation sites excluding steroid dienone is 1. The number of ether oxygens (including phenoxy) is 1. The van der Waals surface area contributed by atoms with E-state index in [0.717, 1.165) is 17.8 Å². The quantitative estimate of drug-likeness (QED) is 0.345. The van der Waals surface area contributed by atoms with Gasteiger partial charge in [-0.1, -0.05) is 0 Å². The maximum Gasteiger partial charge on any atom is 0.330 e. The lowest BCUT2D eigenvalue weighted by atomic mass is 10.1. The van der Waals surface area contributed by atoms with Gasteiger partial charge in [-0.2, -0.15) is 0 Å². The minimum absolute atomic E-state index is 0.283. The monoisotopic (exact) mass is 261 g/mol. The Bertz CT molecular complexity index is 515. The third kappa shape index (κ3) is 4.06. The summed E-state index contributed by atoms with van der Waals surface area (Å²) in [7, 11) is 4.95. The van der Waals surface area contributed by atoms with Crippen LogP contribution in [0.25, 0.3) is 0 Å². The van der Waals surface area contributed by atoms with Crippen LogP contribution in [0.3, 0.4) is 0 Å². The summed E-state index contributed by atoms with van der Waals surface area (Å²) in [5.74, 6) is -2.10. The molecular formula is C14H15NO4. The maximum absolute atomic E-state index is 11.8. The second kappa shape index (κ2) is 6.49. The normalized spacial score (nSPS) is 10.3. The van der Waals surface area contributed by atoms with Crippen molar-refractivity contribution in [3.05, 3.63) is 42.0 Å². The molecule has 0 spiro atoms. The summed E-state index contributed by atoms with van der Waals surface area (Å²) in [6.45, 7) is 0. The van der Waals surface area contributed by atoms with E-state index in [0.29, 0.717) is 0 Å². The van der Waals surface area contributed by atoms with Gasteiger partial charge in [0.05, 0.1) is 7.11 Å². The van der Waals surface area contributed by atoms with Gasteiger partial charge in [0, 0.05) is 31.4 Å². The molecule has 0 radical (unpaired) electrons. The third-order valence-electron chi connectivity index (χ3n) is 2.44. The van der Waals surface area contributed by atoms with Crippen LogP contribution in [0, 0.1) is 0 Å². The molecule has 0 aromatic heterocycles. The number of benzene rings is 1. The van der Waals surface area contributed by atoms with Crippen molar-refractivity contribution < 1.29 is 19.1 Å². The number of Topliss-reactive ketones (excluding diaryl/α,β-unsaturated/α-hetero) is 1. The highest BCUT2D eigenvalue weighted by Crippen LogP contribution is 2.12. The molecule has 0 N–H and O–H groups in total. The number of rotatable bonds is 5. The van der Waals surface area contributed by atoms with Gasteiger partial charge in [0.1, 0.15) is 0 Å². The Hall–Kier alpha value is -2.43. The number of carbonyl (C=O) groups is 3. The average Bonchev–Trinajstić information content (AvgIpc) is 2.43. The zero-order valence-electron chi connectivity index (χ0n) is 11.0. The second-order valence-electron chi connectivity index (χ2n) is 3.99. The first-order valence-electron chi connectivity index (χ1n) is 5.57. The Morgan fingerprint density at radius 2 is 1.63 bits per heavy atom. The number of carbonyl (C=O) groups excluding carboxylic acids is 3. The lowest BCUT2D eigenvalue weighted by Crippen LogP contribution is -2.13. The van der Waals surface area contributed by atoms with Gasteiger partial charge < -0.3 is 9.64 Å². The summed E-state index contributed by atoms with van der Waals surface area (Å²) in [4.78, 5) is 36.0. The molecule has 0 unspecified atom stereocenters. The van der Waals surface area contributed by atoms with E-state index in [1.54, 1.807) is 24.3 Å². The minimum Gasteiger partial charge on any atom is -0.466 e. The Morgan fingerprint density at radius 1 is 1.05 bits per heavy atom. The fourth-order valence-electron chi connectivity index (χ4n) is 1.34. The molecule has 0 bridgehead atoms. The first-order chi connectivity index (χ1) is 8.95. The summed E-state index contributed by atoms with van der Waals surface area (Å²) in [6.07, 6.45) is 1.84. The number of methoxy groups -OCH3 is 1. The number of nitrogens with zero attached hydrogens (tertiary/aromatic N) is 1. The largest absolute Gasteiger partial charge is 0.466 e. The van der Waals surface area contributed by atoms with Gasteiger partial charge in [-0.15, -0.1) is 0 Å². The molecule has 0 saturated heterocycles. The molecule has 5 nitrogen and oxygen atoms in total. The minimum atomic E-state index is -0.761. The maximum atomic E-state index is 11.8. The van der Waals surface area contributed by atoms with Gasteiger partial charge in [0.15, 0.2) is 0 Å². The zero-order valence-corrected chi connectivity index (χ0v) is 11.0.